The average molecular weight is 425 g/mol. The lowest BCUT2D eigenvalue weighted by molar-refractivity contribution is 0.0726. The fraction of sp³-hybridized carbons (Fsp3) is 0.227. The average Bonchev–Trinajstić information content (AvgIpc) is 3.39. The number of alkyl halides is 2. The Labute approximate surface area is 175 Å². The van der Waals surface area contributed by atoms with Gasteiger partial charge in [-0.1, -0.05) is 12.1 Å². The summed E-state index contributed by atoms with van der Waals surface area (Å²) >= 11 is 0. The molecule has 2 aromatic heterocycles. The number of carbonyl (C=O) groups excluding carboxylic acids is 1. The summed E-state index contributed by atoms with van der Waals surface area (Å²) in [6, 6.07) is 6.81. The minimum atomic E-state index is -2.54. The van der Waals surface area contributed by atoms with Gasteiger partial charge in [0.25, 0.3) is 12.3 Å². The topological polar surface area (TPSA) is 76.5 Å². The lowest BCUT2D eigenvalue weighted by Crippen LogP contribution is -2.30. The van der Waals surface area contributed by atoms with Crippen LogP contribution in [0, 0.1) is 5.82 Å². The highest BCUT2D eigenvalue weighted by molar-refractivity contribution is 5.98. The van der Waals surface area contributed by atoms with Crippen molar-refractivity contribution in [1.82, 2.24) is 19.3 Å². The smallest absolute Gasteiger partial charge is 0.263 e. The largest absolute Gasteiger partial charge is 0.382 e. The molecule has 2 N–H and O–H groups in total. The predicted octanol–water partition coefficient (Wildman–Crippen LogP) is 4.30. The minimum Gasteiger partial charge on any atom is -0.382 e. The van der Waals surface area contributed by atoms with Crippen LogP contribution < -0.4 is 5.73 Å². The normalized spacial score (nSPS) is 15.7. The van der Waals surface area contributed by atoms with Crippen molar-refractivity contribution in [2.75, 3.05) is 12.8 Å². The van der Waals surface area contributed by atoms with Crippen molar-refractivity contribution < 1.29 is 18.0 Å². The van der Waals surface area contributed by atoms with Crippen LogP contribution in [-0.2, 0) is 6.42 Å². The van der Waals surface area contributed by atoms with E-state index in [1.54, 1.807) is 23.7 Å². The minimum absolute atomic E-state index is 0.0370. The van der Waals surface area contributed by atoms with Gasteiger partial charge in [-0.05, 0) is 36.1 Å². The van der Waals surface area contributed by atoms with Crippen molar-refractivity contribution in [3.05, 3.63) is 70.9 Å². The maximum absolute atomic E-state index is 14.9. The molecular formula is C22H18F3N5O. The van der Waals surface area contributed by atoms with E-state index in [1.807, 2.05) is 0 Å². The fourth-order valence-corrected chi connectivity index (χ4v) is 4.35. The second-order valence-electron chi connectivity index (χ2n) is 7.70. The molecule has 5 rings (SSSR count). The first-order chi connectivity index (χ1) is 14.8. The SMILES string of the molecule is CN(C(=O)c1cc2c(cc1F)nc(N)c1cncn12)C1CCc2cc(C(F)F)ccc21. The number of benzene rings is 2. The van der Waals surface area contributed by atoms with Gasteiger partial charge in [-0.3, -0.25) is 9.20 Å². The van der Waals surface area contributed by atoms with Gasteiger partial charge in [0.05, 0.1) is 35.2 Å². The van der Waals surface area contributed by atoms with Crippen LogP contribution in [0.3, 0.4) is 0 Å². The third-order valence-corrected chi connectivity index (χ3v) is 5.95. The van der Waals surface area contributed by atoms with E-state index in [2.05, 4.69) is 9.97 Å². The molecule has 0 spiro atoms. The van der Waals surface area contributed by atoms with E-state index in [4.69, 9.17) is 5.73 Å². The number of halogens is 3. The fourth-order valence-electron chi connectivity index (χ4n) is 4.35. The molecule has 6 nitrogen and oxygen atoms in total. The van der Waals surface area contributed by atoms with E-state index in [0.717, 1.165) is 11.1 Å². The zero-order valence-electron chi connectivity index (χ0n) is 16.5. The Kier molecular flexibility index (Phi) is 4.35. The molecule has 2 aromatic carbocycles. The third kappa shape index (κ3) is 2.99. The van der Waals surface area contributed by atoms with E-state index in [0.29, 0.717) is 29.4 Å². The lowest BCUT2D eigenvalue weighted by Gasteiger charge is -2.26. The van der Waals surface area contributed by atoms with Crippen LogP contribution in [0.5, 0.6) is 0 Å². The van der Waals surface area contributed by atoms with E-state index >= 15 is 0 Å². The molecule has 158 valence electrons. The second kappa shape index (κ2) is 6.97. The van der Waals surface area contributed by atoms with Crippen LogP contribution >= 0.6 is 0 Å². The number of rotatable bonds is 3. The Morgan fingerprint density at radius 1 is 1.26 bits per heavy atom. The zero-order chi connectivity index (χ0) is 21.9. The van der Waals surface area contributed by atoms with E-state index in [1.165, 1.54) is 35.5 Å². The van der Waals surface area contributed by atoms with Crippen molar-refractivity contribution in [1.29, 1.82) is 0 Å². The van der Waals surface area contributed by atoms with Gasteiger partial charge in [0.2, 0.25) is 0 Å². The Morgan fingerprint density at radius 3 is 2.84 bits per heavy atom. The maximum atomic E-state index is 14.9. The summed E-state index contributed by atoms with van der Waals surface area (Å²) in [5, 5.41) is 0. The Morgan fingerprint density at radius 2 is 2.06 bits per heavy atom. The number of anilines is 1. The number of nitrogens with two attached hydrogens (primary N) is 1. The van der Waals surface area contributed by atoms with Crippen molar-refractivity contribution in [2.24, 2.45) is 0 Å². The molecule has 1 aliphatic rings. The Bertz CT molecular complexity index is 1350. The molecule has 31 heavy (non-hydrogen) atoms. The van der Waals surface area contributed by atoms with Gasteiger partial charge in [0.1, 0.15) is 17.2 Å². The van der Waals surface area contributed by atoms with E-state index in [9.17, 15) is 18.0 Å². The summed E-state index contributed by atoms with van der Waals surface area (Å²) in [7, 11) is 1.60. The summed E-state index contributed by atoms with van der Waals surface area (Å²) in [6.07, 6.45) is 1.69. The number of fused-ring (bicyclic) bond motifs is 4. The summed E-state index contributed by atoms with van der Waals surface area (Å²) < 4.78 is 42.5. The summed E-state index contributed by atoms with van der Waals surface area (Å²) in [5.41, 5.74) is 8.75. The van der Waals surface area contributed by atoms with Crippen LogP contribution in [0.25, 0.3) is 16.6 Å². The first-order valence-corrected chi connectivity index (χ1v) is 9.74. The molecule has 1 atom stereocenters. The predicted molar refractivity (Wildman–Crippen MR) is 109 cm³/mol. The molecule has 1 amide bonds. The molecule has 4 aromatic rings. The lowest BCUT2D eigenvalue weighted by atomic mass is 10.0. The number of imidazole rings is 1. The number of nitrogens with zero attached hydrogens (tertiary/aromatic N) is 4. The highest BCUT2D eigenvalue weighted by Gasteiger charge is 2.31. The van der Waals surface area contributed by atoms with Gasteiger partial charge in [0, 0.05) is 18.7 Å². The van der Waals surface area contributed by atoms with Crippen LogP contribution in [0.15, 0.2) is 42.9 Å². The first-order valence-electron chi connectivity index (χ1n) is 9.74. The van der Waals surface area contributed by atoms with Crippen molar-refractivity contribution in [3.8, 4) is 0 Å². The Hall–Kier alpha value is -3.62. The van der Waals surface area contributed by atoms with Gasteiger partial charge in [-0.15, -0.1) is 0 Å². The molecule has 1 unspecified atom stereocenters. The summed E-state index contributed by atoms with van der Waals surface area (Å²) in [4.78, 5) is 22.9. The quantitative estimate of drug-likeness (QED) is 0.531. The number of aromatic nitrogens is 3. The second-order valence-corrected chi connectivity index (χ2v) is 7.70. The standard InChI is InChI=1S/C22H18F3N5O/c1-29(17-5-3-11-6-12(20(24)25)2-4-13(11)17)22(31)14-7-18-16(8-15(14)23)28-21(26)19-9-27-10-30(18)19/h2,4,6-10,17,20H,3,5H2,1H3,(H2,26,28). The van der Waals surface area contributed by atoms with Crippen LogP contribution in [0.2, 0.25) is 0 Å². The first kappa shape index (κ1) is 19.3. The van der Waals surface area contributed by atoms with E-state index in [-0.39, 0.29) is 23.0 Å². The molecule has 0 aliphatic heterocycles. The molecule has 0 saturated carbocycles. The third-order valence-electron chi connectivity index (χ3n) is 5.95. The molecule has 9 heteroatoms. The monoisotopic (exact) mass is 425 g/mol. The molecule has 0 fully saturated rings. The van der Waals surface area contributed by atoms with Crippen molar-refractivity contribution in [3.63, 3.8) is 0 Å². The van der Waals surface area contributed by atoms with Crippen LogP contribution in [-0.4, -0.2) is 32.2 Å². The summed E-state index contributed by atoms with van der Waals surface area (Å²) in [6.45, 7) is 0. The van der Waals surface area contributed by atoms with Crippen molar-refractivity contribution in [2.45, 2.75) is 25.3 Å². The Balaban J connectivity index is 1.53. The van der Waals surface area contributed by atoms with Gasteiger partial charge in [-0.25, -0.2) is 23.1 Å². The van der Waals surface area contributed by atoms with Gasteiger partial charge in [-0.2, -0.15) is 0 Å². The van der Waals surface area contributed by atoms with E-state index < -0.39 is 18.1 Å². The number of nitrogen functional groups attached to an aromatic ring is 1. The van der Waals surface area contributed by atoms with Crippen LogP contribution in [0.1, 0.15) is 45.9 Å². The summed E-state index contributed by atoms with van der Waals surface area (Å²) in [5.74, 6) is -0.992. The number of amides is 1. The van der Waals surface area contributed by atoms with Gasteiger partial charge >= 0.3 is 0 Å². The molecule has 2 heterocycles. The highest BCUT2D eigenvalue weighted by Crippen LogP contribution is 2.38. The van der Waals surface area contributed by atoms with Crippen molar-refractivity contribution >= 4 is 28.3 Å². The molecular weight excluding hydrogens is 407 g/mol. The van der Waals surface area contributed by atoms with Crippen LogP contribution in [0.4, 0.5) is 19.0 Å². The highest BCUT2D eigenvalue weighted by atomic mass is 19.3. The number of aryl methyl sites for hydroxylation is 1. The maximum Gasteiger partial charge on any atom is 0.263 e. The molecule has 0 radical (unpaired) electrons. The molecule has 1 aliphatic carbocycles. The molecule has 0 bridgehead atoms. The number of carbonyl (C=O) groups is 1. The molecule has 0 saturated heterocycles. The van der Waals surface area contributed by atoms with Gasteiger partial charge in [0.15, 0.2) is 0 Å². The number of hydrogen-bond acceptors (Lipinski definition) is 4. The number of hydrogen-bond donors (Lipinski definition) is 1. The van der Waals surface area contributed by atoms with Gasteiger partial charge < -0.3 is 10.6 Å². The zero-order valence-corrected chi connectivity index (χ0v) is 16.5.